The number of ketones is 1. The van der Waals surface area contributed by atoms with Crippen LogP contribution in [-0.4, -0.2) is 54.2 Å². The summed E-state index contributed by atoms with van der Waals surface area (Å²) in [5.41, 5.74) is 3.16. The van der Waals surface area contributed by atoms with Crippen molar-refractivity contribution in [2.45, 2.75) is 50.6 Å². The minimum Gasteiger partial charge on any atom is -0.454 e. The first kappa shape index (κ1) is 26.5. The number of nitrogens with zero attached hydrogens (tertiary/aromatic N) is 2. The van der Waals surface area contributed by atoms with Crippen LogP contribution in [-0.2, 0) is 14.3 Å². The average molecular weight is 525 g/mol. The van der Waals surface area contributed by atoms with Crippen molar-refractivity contribution in [2.24, 2.45) is 0 Å². The maximum Gasteiger partial charge on any atom is 0.338 e. The molecule has 39 heavy (non-hydrogen) atoms. The molecule has 1 unspecified atom stereocenters. The van der Waals surface area contributed by atoms with Gasteiger partial charge in [0.15, 0.2) is 12.4 Å². The number of esters is 1. The molecule has 2 fully saturated rings. The highest BCUT2D eigenvalue weighted by molar-refractivity contribution is 6.22. The lowest BCUT2D eigenvalue weighted by molar-refractivity contribution is -0.123. The summed E-state index contributed by atoms with van der Waals surface area (Å²) in [5, 5.41) is 0. The molecule has 0 bridgehead atoms. The van der Waals surface area contributed by atoms with Crippen LogP contribution in [0.1, 0.15) is 59.2 Å². The molecule has 0 radical (unpaired) electrons. The molecule has 1 saturated heterocycles. The van der Waals surface area contributed by atoms with E-state index < -0.39 is 12.0 Å². The van der Waals surface area contributed by atoms with E-state index in [0.717, 1.165) is 36.8 Å². The van der Waals surface area contributed by atoms with E-state index >= 15 is 0 Å². The van der Waals surface area contributed by atoms with Crippen LogP contribution in [0.4, 0.5) is 5.69 Å². The third-order valence-corrected chi connectivity index (χ3v) is 7.77. The topological polar surface area (TPSA) is 84.0 Å². The molecular formula is C32H32N2O5. The predicted molar refractivity (Wildman–Crippen MR) is 148 cm³/mol. The Morgan fingerprint density at radius 2 is 1.44 bits per heavy atom. The number of ether oxygens (including phenoxy) is 1. The van der Waals surface area contributed by atoms with Gasteiger partial charge in [0.2, 0.25) is 5.91 Å². The van der Waals surface area contributed by atoms with Gasteiger partial charge in [0.1, 0.15) is 0 Å². The van der Waals surface area contributed by atoms with Gasteiger partial charge in [-0.3, -0.25) is 19.3 Å². The van der Waals surface area contributed by atoms with Gasteiger partial charge in [-0.2, -0.15) is 0 Å². The van der Waals surface area contributed by atoms with E-state index in [1.54, 1.807) is 24.3 Å². The number of benzene rings is 3. The molecule has 2 aliphatic rings. The first-order valence-electron chi connectivity index (χ1n) is 13.5. The van der Waals surface area contributed by atoms with Crippen molar-refractivity contribution in [1.82, 2.24) is 4.90 Å². The number of amides is 2. The molecule has 2 amide bonds. The first-order valence-corrected chi connectivity index (χ1v) is 13.5. The van der Waals surface area contributed by atoms with Crippen LogP contribution in [0.5, 0.6) is 0 Å². The molecule has 0 N–H and O–H groups in total. The molecule has 1 aliphatic heterocycles. The Hall–Kier alpha value is -4.10. The maximum atomic E-state index is 13.2. The Labute approximate surface area is 228 Å². The predicted octanol–water partition coefficient (Wildman–Crippen LogP) is 5.29. The van der Waals surface area contributed by atoms with Crippen molar-refractivity contribution in [2.75, 3.05) is 18.6 Å². The molecule has 3 aromatic rings. The lowest BCUT2D eigenvalue weighted by atomic mass is 9.93. The van der Waals surface area contributed by atoms with Gasteiger partial charge < -0.3 is 4.74 Å². The van der Waals surface area contributed by atoms with Crippen LogP contribution in [0, 0.1) is 0 Å². The van der Waals surface area contributed by atoms with Crippen molar-refractivity contribution in [3.8, 4) is 11.1 Å². The highest BCUT2D eigenvalue weighted by Gasteiger charge is 2.43. The number of carbonyl (C=O) groups excluding carboxylic acids is 4. The van der Waals surface area contributed by atoms with Crippen molar-refractivity contribution < 1.29 is 23.9 Å². The Morgan fingerprint density at radius 1 is 0.821 bits per heavy atom. The molecule has 7 heteroatoms. The van der Waals surface area contributed by atoms with Crippen molar-refractivity contribution in [3.05, 3.63) is 90.0 Å². The SMILES string of the molecule is CN(C1CCCCC1)C1CC(=O)N(c2ccc(C(=O)OCC(=O)c3ccc(-c4ccccc4)cc3)cc2)C1=O. The highest BCUT2D eigenvalue weighted by Crippen LogP contribution is 2.30. The van der Waals surface area contributed by atoms with Crippen molar-refractivity contribution in [3.63, 3.8) is 0 Å². The van der Waals surface area contributed by atoms with E-state index in [-0.39, 0.29) is 36.2 Å². The van der Waals surface area contributed by atoms with Gasteiger partial charge in [-0.05, 0) is 55.3 Å². The van der Waals surface area contributed by atoms with Crippen LogP contribution < -0.4 is 4.90 Å². The molecule has 5 rings (SSSR count). The van der Waals surface area contributed by atoms with Crippen molar-refractivity contribution >= 4 is 29.3 Å². The molecule has 0 aromatic heterocycles. The lowest BCUT2D eigenvalue weighted by Gasteiger charge is -2.34. The van der Waals surface area contributed by atoms with Gasteiger partial charge in [-0.25, -0.2) is 9.69 Å². The second kappa shape index (κ2) is 11.7. The second-order valence-electron chi connectivity index (χ2n) is 10.2. The Kier molecular flexibility index (Phi) is 7.98. The van der Waals surface area contributed by atoms with E-state index in [1.807, 2.05) is 49.5 Å². The van der Waals surface area contributed by atoms with Crippen LogP contribution in [0.15, 0.2) is 78.9 Å². The van der Waals surface area contributed by atoms with Crippen LogP contribution in [0.25, 0.3) is 11.1 Å². The summed E-state index contributed by atoms with van der Waals surface area (Å²) in [4.78, 5) is 54.3. The smallest absolute Gasteiger partial charge is 0.338 e. The van der Waals surface area contributed by atoms with Gasteiger partial charge in [-0.1, -0.05) is 73.9 Å². The first-order chi connectivity index (χ1) is 18.9. The number of Topliss-reactive ketones (excluding diaryl/α,β-unsaturated/α-hetero) is 1. The van der Waals surface area contributed by atoms with Crippen LogP contribution >= 0.6 is 0 Å². The molecular weight excluding hydrogens is 492 g/mol. The normalized spacial score (nSPS) is 18.0. The summed E-state index contributed by atoms with van der Waals surface area (Å²) in [6, 6.07) is 23.0. The number of carbonyl (C=O) groups is 4. The van der Waals surface area contributed by atoms with Gasteiger partial charge in [0.05, 0.1) is 23.7 Å². The summed E-state index contributed by atoms with van der Waals surface area (Å²) in [6.07, 6.45) is 5.77. The number of imide groups is 1. The zero-order valence-electron chi connectivity index (χ0n) is 22.0. The monoisotopic (exact) mass is 524 g/mol. The van der Waals surface area contributed by atoms with Gasteiger partial charge in [0, 0.05) is 11.6 Å². The summed E-state index contributed by atoms with van der Waals surface area (Å²) >= 11 is 0. The Balaban J connectivity index is 1.17. The molecule has 1 heterocycles. The Morgan fingerprint density at radius 3 is 2.10 bits per heavy atom. The van der Waals surface area contributed by atoms with E-state index in [2.05, 4.69) is 4.90 Å². The Bertz CT molecular complexity index is 1350. The summed E-state index contributed by atoms with van der Waals surface area (Å²) in [5.74, 6) is -1.43. The zero-order valence-corrected chi connectivity index (χ0v) is 22.0. The molecule has 1 saturated carbocycles. The third kappa shape index (κ3) is 5.83. The number of hydrogen-bond donors (Lipinski definition) is 0. The lowest BCUT2D eigenvalue weighted by Crippen LogP contribution is -2.45. The molecule has 3 aromatic carbocycles. The standard InChI is InChI=1S/C32H32N2O5/c1-33(26-10-6-3-7-11-26)28-20-30(36)34(31(28)37)27-18-16-25(17-19-27)32(38)39-21-29(35)24-14-12-23(13-15-24)22-8-4-2-5-9-22/h2,4-5,8-9,12-19,26,28H,3,6-7,10-11,20-21H2,1H3. The number of rotatable bonds is 8. The summed E-state index contributed by atoms with van der Waals surface area (Å²) in [7, 11) is 1.94. The fraction of sp³-hybridized carbons (Fsp3) is 0.312. The molecule has 200 valence electrons. The van der Waals surface area contributed by atoms with Crippen molar-refractivity contribution in [1.29, 1.82) is 0 Å². The molecule has 1 atom stereocenters. The van der Waals surface area contributed by atoms with Gasteiger partial charge in [0.25, 0.3) is 5.91 Å². The van der Waals surface area contributed by atoms with E-state index in [0.29, 0.717) is 17.3 Å². The van der Waals surface area contributed by atoms with Gasteiger partial charge >= 0.3 is 5.97 Å². The fourth-order valence-corrected chi connectivity index (χ4v) is 5.47. The maximum absolute atomic E-state index is 13.2. The van der Waals surface area contributed by atoms with E-state index in [1.165, 1.54) is 23.5 Å². The quantitative estimate of drug-likeness (QED) is 0.226. The fourth-order valence-electron chi connectivity index (χ4n) is 5.47. The largest absolute Gasteiger partial charge is 0.454 e. The highest BCUT2D eigenvalue weighted by atomic mass is 16.5. The minimum atomic E-state index is -0.648. The van der Waals surface area contributed by atoms with E-state index in [9.17, 15) is 19.2 Å². The van der Waals surface area contributed by atoms with E-state index in [4.69, 9.17) is 4.74 Å². The molecule has 1 aliphatic carbocycles. The average Bonchev–Trinajstić information content (AvgIpc) is 3.29. The molecule has 0 spiro atoms. The number of anilines is 1. The summed E-state index contributed by atoms with van der Waals surface area (Å²) in [6.45, 7) is -0.385. The van der Waals surface area contributed by atoms with Crippen LogP contribution in [0.3, 0.4) is 0 Å². The van der Waals surface area contributed by atoms with Crippen LogP contribution in [0.2, 0.25) is 0 Å². The molecule has 7 nitrogen and oxygen atoms in total. The summed E-state index contributed by atoms with van der Waals surface area (Å²) < 4.78 is 5.24. The number of hydrogen-bond acceptors (Lipinski definition) is 6. The zero-order chi connectivity index (χ0) is 27.4. The number of likely N-dealkylation sites (N-methyl/N-ethyl adjacent to an activating group) is 1. The second-order valence-corrected chi connectivity index (χ2v) is 10.2. The minimum absolute atomic E-state index is 0.157. The third-order valence-electron chi connectivity index (χ3n) is 7.77. The van der Waals surface area contributed by atoms with Gasteiger partial charge in [-0.15, -0.1) is 0 Å².